The number of nitrogens with zero attached hydrogens (tertiary/aromatic N) is 3. The summed E-state index contributed by atoms with van der Waals surface area (Å²) in [5.74, 6) is 1.11. The number of hydrogen-bond acceptors (Lipinski definition) is 5. The van der Waals surface area contributed by atoms with E-state index in [1.807, 2.05) is 34.3 Å². The summed E-state index contributed by atoms with van der Waals surface area (Å²) < 4.78 is 0. The van der Waals surface area contributed by atoms with E-state index in [2.05, 4.69) is 129 Å². The minimum Gasteiger partial charge on any atom is -0.378 e. The average molecular weight is 585 g/mol. The van der Waals surface area contributed by atoms with Crippen molar-refractivity contribution >= 4 is 39.6 Å². The molecule has 0 bridgehead atoms. The van der Waals surface area contributed by atoms with Crippen molar-refractivity contribution < 1.29 is 0 Å². The molecule has 1 heterocycles. The summed E-state index contributed by atoms with van der Waals surface area (Å²) in [6.07, 6.45) is 8.40. The van der Waals surface area contributed by atoms with E-state index < -0.39 is 0 Å². The fraction of sp³-hybridized carbons (Fsp3) is 0.162. The third-order valence-electron chi connectivity index (χ3n) is 7.67. The van der Waals surface area contributed by atoms with E-state index in [0.29, 0.717) is 17.3 Å². The molecular weight excluding hydrogens is 546 g/mol. The number of anilines is 4. The number of allylic oxidation sites excluding steroid dienone is 3. The summed E-state index contributed by atoms with van der Waals surface area (Å²) in [6, 6.07) is 30.8. The lowest BCUT2D eigenvalue weighted by molar-refractivity contribution is 0.974. The maximum absolute atomic E-state index is 12.4. The van der Waals surface area contributed by atoms with Gasteiger partial charge in [0.2, 0.25) is 0 Å². The van der Waals surface area contributed by atoms with Crippen LogP contribution in [0.5, 0.6) is 0 Å². The predicted octanol–water partition coefficient (Wildman–Crippen LogP) is 6.75. The fourth-order valence-corrected chi connectivity index (χ4v) is 5.17. The predicted molar refractivity (Wildman–Crippen MR) is 185 cm³/mol. The third kappa shape index (κ3) is 6.63. The summed E-state index contributed by atoms with van der Waals surface area (Å²) in [5, 5.41) is 5.54. The first-order valence-electron chi connectivity index (χ1n) is 14.6. The molecule has 0 fully saturated rings. The fourth-order valence-electron chi connectivity index (χ4n) is 5.17. The van der Waals surface area contributed by atoms with Gasteiger partial charge in [0.25, 0.3) is 11.1 Å². The lowest BCUT2D eigenvalue weighted by Gasteiger charge is -2.23. The zero-order chi connectivity index (χ0) is 31.2. The number of rotatable bonds is 10. The molecule has 0 saturated heterocycles. The van der Waals surface area contributed by atoms with Crippen molar-refractivity contribution in [2.24, 2.45) is 0 Å². The molecule has 0 aliphatic carbocycles. The van der Waals surface area contributed by atoms with Crippen LogP contribution >= 0.6 is 0 Å². The number of fused-ring (bicyclic) bond motifs is 1. The standard InChI is InChI=1S/C37H37N5O2/c1-6-42(32-23-24-34-35(25-32)37(44)39-38-36(34)43)31-21-15-28(16-22-31)33(27-13-19-30(20-14-27)41(4)5)10-8-7-9-26-11-17-29(18-12-26)40(2)3/h7-25H,6H2,1-5H3,(H-,38,39,43,44)/p+1. The molecule has 44 heavy (non-hydrogen) atoms. The monoisotopic (exact) mass is 584 g/mol. The van der Waals surface area contributed by atoms with Crippen LogP contribution in [0.25, 0.3) is 16.8 Å². The highest BCUT2D eigenvalue weighted by Gasteiger charge is 2.19. The summed E-state index contributed by atoms with van der Waals surface area (Å²) in [7, 11) is 8.16. The van der Waals surface area contributed by atoms with Gasteiger partial charge in [0, 0.05) is 57.9 Å². The maximum atomic E-state index is 12.4. The zero-order valence-corrected chi connectivity index (χ0v) is 25.8. The Morgan fingerprint density at radius 3 is 1.66 bits per heavy atom. The van der Waals surface area contributed by atoms with Crippen molar-refractivity contribution in [3.05, 3.63) is 153 Å². The number of H-pyrrole nitrogens is 2. The molecule has 7 heteroatoms. The summed E-state index contributed by atoms with van der Waals surface area (Å²) >= 11 is 0. The molecule has 0 saturated carbocycles. The number of benzene rings is 4. The SMILES string of the molecule is CCN(c1ccc([C+](C=CC=Cc2ccc(N(C)C)cc2)c2ccc(N(C)C)cc2)cc1)c1ccc2c(=O)[nH][nH]c(=O)c2c1. The van der Waals surface area contributed by atoms with Crippen LogP contribution in [-0.4, -0.2) is 44.9 Å². The quantitative estimate of drug-likeness (QED) is 0.140. The van der Waals surface area contributed by atoms with E-state index in [1.165, 1.54) is 5.69 Å². The number of hydrogen-bond donors (Lipinski definition) is 2. The van der Waals surface area contributed by atoms with E-state index in [9.17, 15) is 9.59 Å². The van der Waals surface area contributed by atoms with Crippen molar-refractivity contribution in [2.45, 2.75) is 6.92 Å². The largest absolute Gasteiger partial charge is 0.378 e. The van der Waals surface area contributed by atoms with Crippen LogP contribution in [0, 0.1) is 5.92 Å². The van der Waals surface area contributed by atoms with Gasteiger partial charge in [-0.25, -0.2) is 0 Å². The molecule has 5 rings (SSSR count). The highest BCUT2D eigenvalue weighted by atomic mass is 16.1. The average Bonchev–Trinajstić information content (AvgIpc) is 3.04. The van der Waals surface area contributed by atoms with Gasteiger partial charge in [-0.3, -0.25) is 19.8 Å². The van der Waals surface area contributed by atoms with Crippen LogP contribution in [0.4, 0.5) is 22.7 Å². The molecule has 1 aromatic heterocycles. The first-order valence-corrected chi connectivity index (χ1v) is 14.6. The smallest absolute Gasteiger partial charge is 0.270 e. The Morgan fingerprint density at radius 1 is 0.614 bits per heavy atom. The van der Waals surface area contributed by atoms with Crippen LogP contribution < -0.4 is 25.8 Å². The van der Waals surface area contributed by atoms with Crippen LogP contribution in [0.2, 0.25) is 0 Å². The molecule has 4 aromatic carbocycles. The molecule has 0 amide bonds. The first kappa shape index (κ1) is 30.0. The summed E-state index contributed by atoms with van der Waals surface area (Å²) in [5.41, 5.74) is 6.86. The van der Waals surface area contributed by atoms with Crippen LogP contribution in [0.1, 0.15) is 23.6 Å². The zero-order valence-electron chi connectivity index (χ0n) is 25.8. The van der Waals surface area contributed by atoms with Crippen molar-refractivity contribution in [1.29, 1.82) is 0 Å². The Kier molecular flexibility index (Phi) is 9.05. The van der Waals surface area contributed by atoms with E-state index >= 15 is 0 Å². The molecule has 5 aromatic rings. The van der Waals surface area contributed by atoms with Crippen LogP contribution in [0.3, 0.4) is 0 Å². The Bertz CT molecular complexity index is 1880. The number of aromatic amines is 2. The normalized spacial score (nSPS) is 11.4. The second-order valence-electron chi connectivity index (χ2n) is 11.0. The van der Waals surface area contributed by atoms with Gasteiger partial charge in [0.05, 0.1) is 33.5 Å². The number of nitrogens with one attached hydrogen (secondary N) is 2. The van der Waals surface area contributed by atoms with Crippen molar-refractivity contribution in [3.63, 3.8) is 0 Å². The Hall–Kier alpha value is -5.43. The Morgan fingerprint density at radius 2 is 1.11 bits per heavy atom. The molecule has 0 radical (unpaired) electrons. The van der Waals surface area contributed by atoms with Gasteiger partial charge in [-0.1, -0.05) is 12.1 Å². The molecule has 0 aliphatic rings. The van der Waals surface area contributed by atoms with Crippen LogP contribution in [0.15, 0.2) is 119 Å². The van der Waals surface area contributed by atoms with Gasteiger partial charge in [0.15, 0.2) is 0 Å². The topological polar surface area (TPSA) is 75.4 Å². The van der Waals surface area contributed by atoms with Crippen molar-refractivity contribution in [2.75, 3.05) is 49.4 Å². The summed E-state index contributed by atoms with van der Waals surface area (Å²) in [4.78, 5) is 30.9. The summed E-state index contributed by atoms with van der Waals surface area (Å²) in [6.45, 7) is 2.75. The molecule has 0 aliphatic heterocycles. The molecular formula is C37H38N5O2+. The van der Waals surface area contributed by atoms with Gasteiger partial charge in [0.1, 0.15) is 0 Å². The Labute approximate surface area is 258 Å². The lowest BCUT2D eigenvalue weighted by atomic mass is 9.90. The minimum absolute atomic E-state index is 0.314. The van der Waals surface area contributed by atoms with Gasteiger partial charge in [-0.15, -0.1) is 0 Å². The molecule has 0 unspecified atom stereocenters. The van der Waals surface area contributed by atoms with Crippen LogP contribution in [-0.2, 0) is 0 Å². The van der Waals surface area contributed by atoms with Gasteiger partial charge < -0.3 is 14.7 Å². The van der Waals surface area contributed by atoms with Gasteiger partial charge in [-0.2, -0.15) is 0 Å². The van der Waals surface area contributed by atoms with Gasteiger partial charge in [-0.05, 0) is 110 Å². The van der Waals surface area contributed by atoms with Gasteiger partial charge >= 0.3 is 0 Å². The molecule has 0 atom stereocenters. The third-order valence-corrected chi connectivity index (χ3v) is 7.67. The van der Waals surface area contributed by atoms with Crippen molar-refractivity contribution in [1.82, 2.24) is 10.2 Å². The van der Waals surface area contributed by atoms with E-state index in [1.54, 1.807) is 12.1 Å². The molecule has 2 N–H and O–H groups in total. The lowest BCUT2D eigenvalue weighted by Crippen LogP contribution is -2.20. The second kappa shape index (κ2) is 13.3. The molecule has 7 nitrogen and oxygen atoms in total. The van der Waals surface area contributed by atoms with Crippen molar-refractivity contribution in [3.8, 4) is 0 Å². The molecule has 222 valence electrons. The first-order chi connectivity index (χ1) is 21.2. The van der Waals surface area contributed by atoms with E-state index in [0.717, 1.165) is 39.7 Å². The second-order valence-corrected chi connectivity index (χ2v) is 11.0. The number of aromatic nitrogens is 2. The Balaban J connectivity index is 1.44. The highest BCUT2D eigenvalue weighted by Crippen LogP contribution is 2.31. The molecule has 0 spiro atoms. The highest BCUT2D eigenvalue weighted by molar-refractivity contribution is 5.85. The maximum Gasteiger partial charge on any atom is 0.270 e. The van der Waals surface area contributed by atoms with E-state index in [4.69, 9.17) is 0 Å². The van der Waals surface area contributed by atoms with E-state index in [-0.39, 0.29) is 11.1 Å². The minimum atomic E-state index is -0.321.